The molecule has 0 amide bonds. The third kappa shape index (κ3) is 3.72. The zero-order valence-corrected chi connectivity index (χ0v) is 10.4. The van der Waals surface area contributed by atoms with E-state index in [1.807, 2.05) is 4.90 Å². The Morgan fingerprint density at radius 2 is 2.06 bits per heavy atom. The first-order chi connectivity index (χ1) is 8.25. The lowest BCUT2D eigenvalue weighted by Gasteiger charge is -2.27. The van der Waals surface area contributed by atoms with Gasteiger partial charge >= 0.3 is 0 Å². The molecule has 1 atom stereocenters. The molecular weight excluding hydrogens is 216 g/mol. The fourth-order valence-electron chi connectivity index (χ4n) is 2.29. The lowest BCUT2D eigenvalue weighted by Crippen LogP contribution is -2.36. The minimum Gasteiger partial charge on any atom is -0.378 e. The normalized spacial score (nSPS) is 26.2. The van der Waals surface area contributed by atoms with Gasteiger partial charge in [-0.25, -0.2) is 0 Å². The topological polar surface area (TPSA) is 32.8 Å². The van der Waals surface area contributed by atoms with Gasteiger partial charge in [-0.3, -0.25) is 4.79 Å². The highest BCUT2D eigenvalue weighted by Crippen LogP contribution is 2.15. The minimum absolute atomic E-state index is 0.100. The highest BCUT2D eigenvalue weighted by atomic mass is 16.5. The number of nitrogens with zero attached hydrogens (tertiary/aromatic N) is 2. The summed E-state index contributed by atoms with van der Waals surface area (Å²) in [6, 6.07) is 2.97. The van der Waals surface area contributed by atoms with Gasteiger partial charge in [-0.1, -0.05) is 0 Å². The lowest BCUT2D eigenvalue weighted by molar-refractivity contribution is -0.118. The highest BCUT2D eigenvalue weighted by Gasteiger charge is 2.22. The first-order valence-electron chi connectivity index (χ1n) is 6.32. The van der Waals surface area contributed by atoms with Crippen molar-refractivity contribution in [2.45, 2.75) is 12.8 Å². The second kappa shape index (κ2) is 6.04. The predicted octanol–water partition coefficient (Wildman–Crippen LogP) is 0.190. The van der Waals surface area contributed by atoms with Gasteiger partial charge in [0.25, 0.3) is 0 Å². The first kappa shape index (κ1) is 12.4. The van der Waals surface area contributed by atoms with Gasteiger partial charge in [-0.05, 0) is 32.4 Å². The SMILES string of the molecule is CN1CCCC(C(=O)C#CN2CCOCC2)C1. The Hall–Kier alpha value is -1.05. The Morgan fingerprint density at radius 1 is 1.29 bits per heavy atom. The van der Waals surface area contributed by atoms with Gasteiger partial charge in [0.1, 0.15) is 0 Å². The largest absolute Gasteiger partial charge is 0.378 e. The van der Waals surface area contributed by atoms with E-state index < -0.39 is 0 Å². The van der Waals surface area contributed by atoms with Crippen molar-refractivity contribution < 1.29 is 9.53 Å². The molecule has 0 saturated carbocycles. The number of morpholine rings is 1. The molecule has 0 aliphatic carbocycles. The fourth-order valence-corrected chi connectivity index (χ4v) is 2.29. The second-order valence-electron chi connectivity index (χ2n) is 4.80. The molecule has 2 heterocycles. The monoisotopic (exact) mass is 236 g/mol. The van der Waals surface area contributed by atoms with E-state index in [-0.39, 0.29) is 11.7 Å². The van der Waals surface area contributed by atoms with Gasteiger partial charge < -0.3 is 14.5 Å². The van der Waals surface area contributed by atoms with Crippen molar-refractivity contribution in [2.75, 3.05) is 46.4 Å². The standard InChI is InChI=1S/C13H20N2O2/c1-14-5-2-3-12(11-14)13(16)4-6-15-7-9-17-10-8-15/h12H,2-3,5,7-11H2,1H3. The summed E-state index contributed by atoms with van der Waals surface area (Å²) in [4.78, 5) is 16.1. The molecule has 2 aliphatic heterocycles. The van der Waals surface area contributed by atoms with E-state index in [0.29, 0.717) is 0 Å². The molecule has 0 spiro atoms. The molecule has 0 aromatic heterocycles. The summed E-state index contributed by atoms with van der Waals surface area (Å²) < 4.78 is 5.24. The maximum atomic E-state index is 11.9. The third-order valence-electron chi connectivity index (χ3n) is 3.34. The number of carbonyl (C=O) groups excluding carboxylic acids is 1. The molecule has 4 nitrogen and oxygen atoms in total. The van der Waals surface area contributed by atoms with E-state index in [9.17, 15) is 4.79 Å². The number of likely N-dealkylation sites (tertiary alicyclic amines) is 1. The molecule has 0 aromatic carbocycles. The lowest BCUT2D eigenvalue weighted by atomic mass is 9.94. The van der Waals surface area contributed by atoms with Crippen LogP contribution in [0.25, 0.3) is 0 Å². The molecule has 0 radical (unpaired) electrons. The number of ether oxygens (including phenoxy) is 1. The van der Waals surface area contributed by atoms with Gasteiger partial charge in [0.15, 0.2) is 0 Å². The van der Waals surface area contributed by atoms with E-state index in [4.69, 9.17) is 4.74 Å². The van der Waals surface area contributed by atoms with Gasteiger partial charge in [0, 0.05) is 31.6 Å². The van der Waals surface area contributed by atoms with Gasteiger partial charge in [-0.15, -0.1) is 0 Å². The minimum atomic E-state index is 0.100. The van der Waals surface area contributed by atoms with Crippen LogP contribution < -0.4 is 0 Å². The molecule has 0 aromatic rings. The molecule has 17 heavy (non-hydrogen) atoms. The van der Waals surface area contributed by atoms with Crippen LogP contribution in [0.2, 0.25) is 0 Å². The van der Waals surface area contributed by atoms with E-state index in [2.05, 4.69) is 23.9 Å². The maximum Gasteiger partial charge on any atom is 0.211 e. The third-order valence-corrected chi connectivity index (χ3v) is 3.34. The number of piperidine rings is 1. The molecule has 94 valence electrons. The molecule has 2 fully saturated rings. The van der Waals surface area contributed by atoms with E-state index in [1.54, 1.807) is 0 Å². The van der Waals surface area contributed by atoms with Crippen molar-refractivity contribution in [3.63, 3.8) is 0 Å². The number of ketones is 1. The second-order valence-corrected chi connectivity index (χ2v) is 4.80. The summed E-state index contributed by atoms with van der Waals surface area (Å²) in [7, 11) is 2.06. The van der Waals surface area contributed by atoms with Crippen molar-refractivity contribution in [1.29, 1.82) is 0 Å². The fraction of sp³-hybridized carbons (Fsp3) is 0.769. The number of carbonyl (C=O) groups is 1. The van der Waals surface area contributed by atoms with Gasteiger partial charge in [-0.2, -0.15) is 0 Å². The Kier molecular flexibility index (Phi) is 4.41. The molecule has 2 saturated heterocycles. The van der Waals surface area contributed by atoms with Crippen LogP contribution in [0.5, 0.6) is 0 Å². The van der Waals surface area contributed by atoms with E-state index in [0.717, 1.165) is 52.2 Å². The number of hydrogen-bond donors (Lipinski definition) is 0. The smallest absolute Gasteiger partial charge is 0.211 e. The molecule has 1 unspecified atom stereocenters. The summed E-state index contributed by atoms with van der Waals surface area (Å²) in [5.41, 5.74) is 0. The maximum absolute atomic E-state index is 11.9. The first-order valence-corrected chi connectivity index (χ1v) is 6.32. The molecule has 0 bridgehead atoms. The van der Waals surface area contributed by atoms with Gasteiger partial charge in [0.05, 0.1) is 13.2 Å². The van der Waals surface area contributed by atoms with E-state index in [1.165, 1.54) is 0 Å². The van der Waals surface area contributed by atoms with Crippen molar-refractivity contribution in [3.8, 4) is 12.0 Å². The molecule has 2 rings (SSSR count). The summed E-state index contributed by atoms with van der Waals surface area (Å²) in [6.07, 6.45) is 2.09. The average Bonchev–Trinajstić information content (AvgIpc) is 2.37. The van der Waals surface area contributed by atoms with Crippen LogP contribution in [0.3, 0.4) is 0 Å². The van der Waals surface area contributed by atoms with Crippen LogP contribution in [-0.4, -0.2) is 62.0 Å². The van der Waals surface area contributed by atoms with Crippen LogP contribution >= 0.6 is 0 Å². The van der Waals surface area contributed by atoms with Crippen LogP contribution in [0.1, 0.15) is 12.8 Å². The van der Waals surface area contributed by atoms with Crippen molar-refractivity contribution in [1.82, 2.24) is 9.80 Å². The summed E-state index contributed by atoms with van der Waals surface area (Å²) in [5, 5.41) is 0. The molecular formula is C13H20N2O2. The van der Waals surface area contributed by atoms with Crippen LogP contribution in [0, 0.1) is 17.9 Å². The Bertz CT molecular complexity index is 326. The summed E-state index contributed by atoms with van der Waals surface area (Å²) in [5.74, 6) is 3.01. The number of rotatable bonds is 1. The molecule has 2 aliphatic rings. The summed E-state index contributed by atoms with van der Waals surface area (Å²) >= 11 is 0. The highest BCUT2D eigenvalue weighted by molar-refractivity contribution is 5.97. The molecule has 4 heteroatoms. The predicted molar refractivity (Wildman–Crippen MR) is 65.4 cm³/mol. The Balaban J connectivity index is 1.85. The number of hydrogen-bond acceptors (Lipinski definition) is 4. The number of Topliss-reactive ketones (excluding diaryl/α,β-unsaturated/α-hetero) is 1. The van der Waals surface area contributed by atoms with Crippen LogP contribution in [0.15, 0.2) is 0 Å². The zero-order chi connectivity index (χ0) is 12.1. The van der Waals surface area contributed by atoms with Crippen molar-refractivity contribution in [2.24, 2.45) is 5.92 Å². The van der Waals surface area contributed by atoms with Crippen molar-refractivity contribution in [3.05, 3.63) is 0 Å². The summed E-state index contributed by atoms with van der Waals surface area (Å²) in [6.45, 7) is 5.01. The Morgan fingerprint density at radius 3 is 2.76 bits per heavy atom. The van der Waals surface area contributed by atoms with Gasteiger partial charge in [0.2, 0.25) is 5.78 Å². The van der Waals surface area contributed by atoms with Crippen molar-refractivity contribution >= 4 is 5.78 Å². The van der Waals surface area contributed by atoms with Crippen LogP contribution in [0.4, 0.5) is 0 Å². The van der Waals surface area contributed by atoms with Crippen LogP contribution in [-0.2, 0) is 9.53 Å². The molecule has 0 N–H and O–H groups in total. The van der Waals surface area contributed by atoms with E-state index >= 15 is 0 Å². The average molecular weight is 236 g/mol. The Labute approximate surface area is 103 Å². The zero-order valence-electron chi connectivity index (χ0n) is 10.4. The quantitative estimate of drug-likeness (QED) is 0.609.